The third-order valence-electron chi connectivity index (χ3n) is 6.74. The maximum atomic E-state index is 12.0. The molecular formula is C36H50N2O9. The molecule has 0 unspecified atom stereocenters. The Balaban J connectivity index is 0.000000335. The Morgan fingerprint density at radius 3 is 2.02 bits per heavy atom. The summed E-state index contributed by atoms with van der Waals surface area (Å²) in [6.45, 7) is 23.7. The van der Waals surface area contributed by atoms with Crippen LogP contribution in [0.2, 0.25) is 0 Å². The van der Waals surface area contributed by atoms with E-state index in [9.17, 15) is 24.5 Å². The van der Waals surface area contributed by atoms with Crippen molar-refractivity contribution in [1.29, 1.82) is 0 Å². The van der Waals surface area contributed by atoms with Crippen LogP contribution in [0.4, 0.5) is 11.4 Å². The standard InChI is InChI=1S/C21H29NO4.C15H21NO5/c1-8-22(21(5,6)7)15-9-10-16-14(11-18(23)26-17(16)12-15)13-25-19(24)20(2,3)4;1-10(2)14(17)20-9-11-8-12(21-15(3,4)5)6-7-13(11)16(18)19/h9-12H,8,13H2,1-7H3;6-8,10H,9H2,1-5H3. The van der Waals surface area contributed by atoms with Gasteiger partial charge in [-0.3, -0.25) is 19.7 Å². The number of nitro groups is 1. The van der Waals surface area contributed by atoms with Crippen LogP contribution < -0.4 is 15.3 Å². The fourth-order valence-corrected chi connectivity index (χ4v) is 4.50. The molecule has 0 amide bonds. The Morgan fingerprint density at radius 2 is 1.51 bits per heavy atom. The van der Waals surface area contributed by atoms with Gasteiger partial charge in [0, 0.05) is 46.9 Å². The molecule has 3 aromatic rings. The molecular weight excluding hydrogens is 604 g/mol. The molecule has 3 rings (SSSR count). The Kier molecular flexibility index (Phi) is 12.7. The summed E-state index contributed by atoms with van der Waals surface area (Å²) in [4.78, 5) is 48.2. The van der Waals surface area contributed by atoms with Crippen molar-refractivity contribution in [2.24, 2.45) is 11.3 Å². The molecule has 11 nitrogen and oxygen atoms in total. The maximum absolute atomic E-state index is 12.0. The molecule has 0 aliphatic heterocycles. The number of nitrogens with zero attached hydrogens (tertiary/aromatic N) is 2. The molecule has 0 radical (unpaired) electrons. The summed E-state index contributed by atoms with van der Waals surface area (Å²) in [6, 6.07) is 11.6. The van der Waals surface area contributed by atoms with Gasteiger partial charge in [-0.2, -0.15) is 0 Å². The number of hydrogen-bond acceptors (Lipinski definition) is 10. The van der Waals surface area contributed by atoms with Crippen LogP contribution in [0.25, 0.3) is 11.0 Å². The molecule has 0 spiro atoms. The molecule has 0 atom stereocenters. The summed E-state index contributed by atoms with van der Waals surface area (Å²) >= 11 is 0. The molecule has 0 aliphatic carbocycles. The number of rotatable bonds is 9. The van der Waals surface area contributed by atoms with Gasteiger partial charge in [-0.05, 0) is 93.5 Å². The van der Waals surface area contributed by atoms with Crippen molar-refractivity contribution < 1.29 is 33.1 Å². The Hall–Kier alpha value is -4.41. The van der Waals surface area contributed by atoms with Crippen LogP contribution >= 0.6 is 0 Å². The number of benzene rings is 2. The van der Waals surface area contributed by atoms with Crippen molar-refractivity contribution >= 4 is 34.3 Å². The molecule has 0 saturated heterocycles. The third-order valence-corrected chi connectivity index (χ3v) is 6.74. The van der Waals surface area contributed by atoms with E-state index in [1.54, 1.807) is 34.6 Å². The lowest BCUT2D eigenvalue weighted by Crippen LogP contribution is -2.41. The third kappa shape index (κ3) is 11.7. The van der Waals surface area contributed by atoms with Gasteiger partial charge in [-0.25, -0.2) is 4.79 Å². The first-order chi connectivity index (χ1) is 21.5. The average molecular weight is 655 g/mol. The lowest BCUT2D eigenvalue weighted by molar-refractivity contribution is -0.385. The second-order valence-electron chi connectivity index (χ2n) is 14.5. The maximum Gasteiger partial charge on any atom is 0.336 e. The largest absolute Gasteiger partial charge is 0.488 e. The Morgan fingerprint density at radius 1 is 0.894 bits per heavy atom. The summed E-state index contributed by atoms with van der Waals surface area (Å²) in [7, 11) is 0. The molecule has 47 heavy (non-hydrogen) atoms. The monoisotopic (exact) mass is 654 g/mol. The van der Waals surface area contributed by atoms with E-state index in [1.807, 2.05) is 39.0 Å². The van der Waals surface area contributed by atoms with Gasteiger partial charge in [0.1, 0.15) is 30.1 Å². The molecule has 1 heterocycles. The van der Waals surface area contributed by atoms with Crippen molar-refractivity contribution in [3.8, 4) is 5.75 Å². The highest BCUT2D eigenvalue weighted by atomic mass is 16.6. The number of ether oxygens (including phenoxy) is 3. The molecule has 0 fully saturated rings. The van der Waals surface area contributed by atoms with Crippen molar-refractivity contribution in [3.05, 3.63) is 74.1 Å². The van der Waals surface area contributed by atoms with E-state index in [-0.39, 0.29) is 36.3 Å². The molecule has 0 bridgehead atoms. The predicted molar refractivity (Wildman–Crippen MR) is 183 cm³/mol. The zero-order valence-corrected chi connectivity index (χ0v) is 29.8. The summed E-state index contributed by atoms with van der Waals surface area (Å²) in [5.41, 5.74) is 0.860. The number of anilines is 1. The van der Waals surface area contributed by atoms with Gasteiger partial charge in [0.05, 0.1) is 21.8 Å². The molecule has 258 valence electrons. The summed E-state index contributed by atoms with van der Waals surface area (Å²) in [5.74, 6) is -0.478. The van der Waals surface area contributed by atoms with Crippen LogP contribution in [0.5, 0.6) is 5.75 Å². The predicted octanol–water partition coefficient (Wildman–Crippen LogP) is 7.98. The minimum atomic E-state index is -0.587. The fourth-order valence-electron chi connectivity index (χ4n) is 4.50. The van der Waals surface area contributed by atoms with E-state index < -0.39 is 27.5 Å². The fraction of sp³-hybridized carbons (Fsp3) is 0.528. The number of fused-ring (bicyclic) bond motifs is 1. The summed E-state index contributed by atoms with van der Waals surface area (Å²) < 4.78 is 21.5. The first kappa shape index (κ1) is 38.8. The van der Waals surface area contributed by atoms with Gasteiger partial charge >= 0.3 is 17.6 Å². The van der Waals surface area contributed by atoms with Crippen LogP contribution in [0.3, 0.4) is 0 Å². The van der Waals surface area contributed by atoms with Crippen molar-refractivity contribution in [2.75, 3.05) is 11.4 Å². The molecule has 0 aliphatic rings. The zero-order chi connectivity index (χ0) is 35.9. The number of esters is 2. The van der Waals surface area contributed by atoms with Gasteiger partial charge in [0.15, 0.2) is 0 Å². The molecule has 11 heteroatoms. The van der Waals surface area contributed by atoms with Crippen LogP contribution in [-0.4, -0.2) is 34.5 Å². The second-order valence-corrected chi connectivity index (χ2v) is 14.5. The molecule has 1 aromatic heterocycles. The second kappa shape index (κ2) is 15.5. The van der Waals surface area contributed by atoms with Crippen LogP contribution in [-0.2, 0) is 32.3 Å². The van der Waals surface area contributed by atoms with E-state index in [0.717, 1.165) is 17.6 Å². The van der Waals surface area contributed by atoms with E-state index >= 15 is 0 Å². The first-order valence-electron chi connectivity index (χ1n) is 15.7. The SMILES string of the molecule is CC(C)C(=O)OCc1cc(OC(C)(C)C)ccc1[N+](=O)[O-].CCN(c1ccc2c(COC(=O)C(C)(C)C)cc(=O)oc2c1)C(C)(C)C. The first-order valence-corrected chi connectivity index (χ1v) is 15.7. The van der Waals surface area contributed by atoms with Gasteiger partial charge in [0.2, 0.25) is 0 Å². The number of carbonyl (C=O) groups is 2. The van der Waals surface area contributed by atoms with Gasteiger partial charge in [0.25, 0.3) is 5.69 Å². The highest BCUT2D eigenvalue weighted by molar-refractivity contribution is 5.84. The molecule has 2 aromatic carbocycles. The lowest BCUT2D eigenvalue weighted by Gasteiger charge is -2.37. The quantitative estimate of drug-likeness (QED) is 0.0966. The van der Waals surface area contributed by atoms with Crippen LogP contribution in [0.15, 0.2) is 51.7 Å². The molecule has 0 saturated carbocycles. The zero-order valence-electron chi connectivity index (χ0n) is 29.8. The summed E-state index contributed by atoms with van der Waals surface area (Å²) in [5, 5.41) is 11.8. The van der Waals surface area contributed by atoms with E-state index in [4.69, 9.17) is 18.6 Å². The minimum Gasteiger partial charge on any atom is -0.488 e. The smallest absolute Gasteiger partial charge is 0.336 e. The highest BCUT2D eigenvalue weighted by Gasteiger charge is 2.24. The minimum absolute atomic E-state index is 0.0499. The average Bonchev–Trinajstić information content (AvgIpc) is 2.92. The number of nitro benzene ring substituents is 1. The topological polar surface area (TPSA) is 138 Å². The molecule has 0 N–H and O–H groups in total. The highest BCUT2D eigenvalue weighted by Crippen LogP contribution is 2.30. The summed E-state index contributed by atoms with van der Waals surface area (Å²) in [6.07, 6.45) is 0. The van der Waals surface area contributed by atoms with E-state index in [2.05, 4.69) is 32.6 Å². The van der Waals surface area contributed by atoms with Crippen LogP contribution in [0.1, 0.15) is 94.2 Å². The van der Waals surface area contributed by atoms with E-state index in [0.29, 0.717) is 22.5 Å². The Labute approximate surface area is 277 Å². The van der Waals surface area contributed by atoms with Gasteiger partial charge in [-0.1, -0.05) is 13.8 Å². The van der Waals surface area contributed by atoms with Crippen molar-refractivity contribution in [2.45, 2.75) is 107 Å². The van der Waals surface area contributed by atoms with Crippen molar-refractivity contribution in [3.63, 3.8) is 0 Å². The van der Waals surface area contributed by atoms with Gasteiger partial charge < -0.3 is 23.5 Å². The normalized spacial score (nSPS) is 11.9. The van der Waals surface area contributed by atoms with Crippen LogP contribution in [0, 0.1) is 21.4 Å². The van der Waals surface area contributed by atoms with Gasteiger partial charge in [-0.15, -0.1) is 0 Å². The number of carbonyl (C=O) groups excluding carboxylic acids is 2. The van der Waals surface area contributed by atoms with E-state index in [1.165, 1.54) is 24.3 Å². The van der Waals surface area contributed by atoms with Crippen molar-refractivity contribution in [1.82, 2.24) is 0 Å². The number of hydrogen-bond donors (Lipinski definition) is 0. The lowest BCUT2D eigenvalue weighted by atomic mass is 9.97. The Bertz CT molecular complexity index is 1620.